The number of hydrogen-bond acceptors (Lipinski definition) is 5. The number of aromatic nitrogens is 1. The number of fused-ring (bicyclic) bond motifs is 1. The third-order valence-corrected chi connectivity index (χ3v) is 5.36. The average molecular weight is 372 g/mol. The molecule has 1 unspecified atom stereocenters. The summed E-state index contributed by atoms with van der Waals surface area (Å²) in [6.45, 7) is 4.63. The maximum atomic E-state index is 13.4. The van der Waals surface area contributed by atoms with Gasteiger partial charge < -0.3 is 14.1 Å². The van der Waals surface area contributed by atoms with Gasteiger partial charge in [0, 0.05) is 26.4 Å². The van der Waals surface area contributed by atoms with Crippen LogP contribution in [-0.4, -0.2) is 40.8 Å². The number of benzene rings is 1. The molecule has 1 fully saturated rings. The van der Waals surface area contributed by atoms with Crippen LogP contribution in [0.15, 0.2) is 22.6 Å². The summed E-state index contributed by atoms with van der Waals surface area (Å²) in [6, 6.07) is 4.05. The second kappa shape index (κ2) is 6.79. The monoisotopic (exact) mass is 372 g/mol. The van der Waals surface area contributed by atoms with E-state index in [0.29, 0.717) is 41.7 Å². The van der Waals surface area contributed by atoms with Crippen LogP contribution in [0.1, 0.15) is 51.8 Å². The van der Waals surface area contributed by atoms with Crippen molar-refractivity contribution in [2.75, 3.05) is 13.1 Å². The van der Waals surface area contributed by atoms with Crippen molar-refractivity contribution in [1.29, 1.82) is 0 Å². The van der Waals surface area contributed by atoms with Gasteiger partial charge in [0.2, 0.25) is 5.76 Å². The van der Waals surface area contributed by atoms with Gasteiger partial charge in [0.1, 0.15) is 17.7 Å². The molecule has 1 saturated heterocycles. The number of ether oxygens (including phenoxy) is 1. The zero-order valence-corrected chi connectivity index (χ0v) is 15.3. The van der Waals surface area contributed by atoms with E-state index in [-0.39, 0.29) is 30.1 Å². The Morgan fingerprint density at radius 1 is 1.26 bits per heavy atom. The fourth-order valence-corrected chi connectivity index (χ4v) is 3.93. The largest absolute Gasteiger partial charge is 0.489 e. The number of piperidine rings is 1. The van der Waals surface area contributed by atoms with Crippen molar-refractivity contribution in [2.24, 2.45) is 5.92 Å². The number of likely N-dealkylation sites (tertiary alicyclic amines) is 1. The van der Waals surface area contributed by atoms with Crippen molar-refractivity contribution in [2.45, 2.75) is 39.2 Å². The Balaban J connectivity index is 1.41. The lowest BCUT2D eigenvalue weighted by Crippen LogP contribution is -2.44. The summed E-state index contributed by atoms with van der Waals surface area (Å²) in [5.41, 5.74) is 0.916. The molecule has 2 aliphatic rings. The molecule has 7 heteroatoms. The average Bonchev–Trinajstić information content (AvgIpc) is 3.00. The van der Waals surface area contributed by atoms with Crippen LogP contribution in [-0.2, 0) is 0 Å². The van der Waals surface area contributed by atoms with Crippen molar-refractivity contribution < 1.29 is 23.1 Å². The molecule has 2 aromatic rings. The minimum Gasteiger partial charge on any atom is -0.489 e. The SMILES string of the molecule is Cc1nc(C)c(C(=O)N2CCC(C3CC(=O)c4cc(F)ccc4O3)CC2)o1. The van der Waals surface area contributed by atoms with E-state index in [4.69, 9.17) is 9.15 Å². The summed E-state index contributed by atoms with van der Waals surface area (Å²) in [4.78, 5) is 30.9. The number of carbonyl (C=O) groups excluding carboxylic acids is 2. The number of ketones is 1. The van der Waals surface area contributed by atoms with Gasteiger partial charge in [0.15, 0.2) is 11.7 Å². The van der Waals surface area contributed by atoms with E-state index in [1.165, 1.54) is 18.2 Å². The van der Waals surface area contributed by atoms with Gasteiger partial charge in [-0.15, -0.1) is 0 Å². The Bertz CT molecular complexity index is 899. The van der Waals surface area contributed by atoms with Gasteiger partial charge >= 0.3 is 0 Å². The molecule has 0 aliphatic carbocycles. The summed E-state index contributed by atoms with van der Waals surface area (Å²) >= 11 is 0. The van der Waals surface area contributed by atoms with Crippen LogP contribution in [0.25, 0.3) is 0 Å². The number of aryl methyl sites for hydroxylation is 2. The fourth-order valence-electron chi connectivity index (χ4n) is 3.93. The van der Waals surface area contributed by atoms with Gasteiger partial charge in [0.05, 0.1) is 11.3 Å². The maximum absolute atomic E-state index is 13.4. The Labute approximate surface area is 156 Å². The predicted octanol–water partition coefficient (Wildman–Crippen LogP) is 3.32. The van der Waals surface area contributed by atoms with Crippen LogP contribution >= 0.6 is 0 Å². The molecule has 1 amide bonds. The van der Waals surface area contributed by atoms with E-state index in [1.807, 2.05) is 0 Å². The smallest absolute Gasteiger partial charge is 0.291 e. The molecule has 0 spiro atoms. The number of Topliss-reactive ketones (excluding diaryl/α,β-unsaturated/α-hetero) is 1. The van der Waals surface area contributed by atoms with E-state index in [0.717, 1.165) is 12.8 Å². The molecular weight excluding hydrogens is 351 g/mol. The summed E-state index contributed by atoms with van der Waals surface area (Å²) in [5, 5.41) is 0. The predicted molar refractivity (Wildman–Crippen MR) is 94.4 cm³/mol. The summed E-state index contributed by atoms with van der Waals surface area (Å²) < 4.78 is 24.8. The lowest BCUT2D eigenvalue weighted by Gasteiger charge is -2.37. The second-order valence-electron chi connectivity index (χ2n) is 7.20. The highest BCUT2D eigenvalue weighted by Gasteiger charge is 2.36. The third-order valence-electron chi connectivity index (χ3n) is 5.36. The van der Waals surface area contributed by atoms with E-state index >= 15 is 0 Å². The molecule has 4 rings (SSSR count). The van der Waals surface area contributed by atoms with Crippen molar-refractivity contribution in [3.63, 3.8) is 0 Å². The second-order valence-corrected chi connectivity index (χ2v) is 7.20. The van der Waals surface area contributed by atoms with Crippen LogP contribution < -0.4 is 4.74 Å². The first kappa shape index (κ1) is 17.7. The molecule has 27 heavy (non-hydrogen) atoms. The number of nitrogens with zero attached hydrogens (tertiary/aromatic N) is 2. The van der Waals surface area contributed by atoms with E-state index in [9.17, 15) is 14.0 Å². The fraction of sp³-hybridized carbons (Fsp3) is 0.450. The summed E-state index contributed by atoms with van der Waals surface area (Å²) in [5.74, 6) is 0.729. The van der Waals surface area contributed by atoms with E-state index < -0.39 is 5.82 Å². The van der Waals surface area contributed by atoms with Crippen LogP contribution in [0.4, 0.5) is 4.39 Å². The van der Waals surface area contributed by atoms with Gasteiger partial charge in [-0.05, 0) is 43.9 Å². The first-order valence-electron chi connectivity index (χ1n) is 9.15. The maximum Gasteiger partial charge on any atom is 0.291 e. The molecule has 0 saturated carbocycles. The molecule has 2 aliphatic heterocycles. The molecule has 142 valence electrons. The number of halogens is 1. The molecule has 1 aromatic heterocycles. The zero-order chi connectivity index (χ0) is 19.1. The van der Waals surface area contributed by atoms with Crippen LogP contribution in [0.5, 0.6) is 5.75 Å². The number of rotatable bonds is 2. The zero-order valence-electron chi connectivity index (χ0n) is 15.3. The molecular formula is C20H21FN2O4. The number of oxazole rings is 1. The Morgan fingerprint density at radius 2 is 2.00 bits per heavy atom. The molecule has 1 atom stereocenters. The van der Waals surface area contributed by atoms with Crippen molar-refractivity contribution in [3.05, 3.63) is 46.9 Å². The van der Waals surface area contributed by atoms with Crippen LogP contribution in [0, 0.1) is 25.6 Å². The highest BCUT2D eigenvalue weighted by Crippen LogP contribution is 2.34. The van der Waals surface area contributed by atoms with Crippen molar-refractivity contribution in [3.8, 4) is 5.75 Å². The molecule has 1 aromatic carbocycles. The van der Waals surface area contributed by atoms with Gasteiger partial charge in [0.25, 0.3) is 5.91 Å². The van der Waals surface area contributed by atoms with Crippen molar-refractivity contribution in [1.82, 2.24) is 9.88 Å². The number of amides is 1. The van der Waals surface area contributed by atoms with Crippen LogP contribution in [0.2, 0.25) is 0 Å². The Kier molecular flexibility index (Phi) is 4.45. The minimum atomic E-state index is -0.436. The number of carbonyl (C=O) groups is 2. The molecule has 6 nitrogen and oxygen atoms in total. The minimum absolute atomic E-state index is 0.0907. The standard InChI is InChI=1S/C20H21FN2O4/c1-11-19(26-12(2)22-11)20(25)23-7-5-13(6-8-23)18-10-16(24)15-9-14(21)3-4-17(15)27-18/h3-4,9,13,18H,5-8,10H2,1-2H3. The first-order chi connectivity index (χ1) is 12.9. The number of hydrogen-bond donors (Lipinski definition) is 0. The van der Waals surface area contributed by atoms with E-state index in [2.05, 4.69) is 4.98 Å². The lowest BCUT2D eigenvalue weighted by atomic mass is 9.86. The third kappa shape index (κ3) is 3.34. The summed E-state index contributed by atoms with van der Waals surface area (Å²) in [6.07, 6.45) is 1.50. The molecule has 0 N–H and O–H groups in total. The highest BCUT2D eigenvalue weighted by molar-refractivity contribution is 6.00. The quantitative estimate of drug-likeness (QED) is 0.809. The molecule has 0 bridgehead atoms. The Morgan fingerprint density at radius 3 is 2.67 bits per heavy atom. The van der Waals surface area contributed by atoms with Gasteiger partial charge in [-0.1, -0.05) is 0 Å². The topological polar surface area (TPSA) is 72.6 Å². The van der Waals surface area contributed by atoms with E-state index in [1.54, 1.807) is 18.7 Å². The highest BCUT2D eigenvalue weighted by atomic mass is 19.1. The Hall–Kier alpha value is -2.70. The first-order valence-corrected chi connectivity index (χ1v) is 9.15. The summed E-state index contributed by atoms with van der Waals surface area (Å²) in [7, 11) is 0. The molecule has 0 radical (unpaired) electrons. The normalized spacial score (nSPS) is 20.3. The van der Waals surface area contributed by atoms with Crippen molar-refractivity contribution >= 4 is 11.7 Å². The van der Waals surface area contributed by atoms with Crippen LogP contribution in [0.3, 0.4) is 0 Å². The lowest BCUT2D eigenvalue weighted by molar-refractivity contribution is 0.0435. The van der Waals surface area contributed by atoms with Gasteiger partial charge in [-0.3, -0.25) is 9.59 Å². The molecule has 3 heterocycles. The van der Waals surface area contributed by atoms with Gasteiger partial charge in [-0.25, -0.2) is 9.37 Å². The van der Waals surface area contributed by atoms with Gasteiger partial charge in [-0.2, -0.15) is 0 Å².